The van der Waals surface area contributed by atoms with Crippen LogP contribution in [0, 0.1) is 10.1 Å². The van der Waals surface area contributed by atoms with E-state index < -0.39 is 36.1 Å². The van der Waals surface area contributed by atoms with Crippen LogP contribution in [0.25, 0.3) is 0 Å². The Bertz CT molecular complexity index is 1400. The highest BCUT2D eigenvalue weighted by atomic mass is 32.2. The van der Waals surface area contributed by atoms with Crippen molar-refractivity contribution in [3.8, 4) is 5.75 Å². The number of nitrogens with one attached hydrogen (secondary N) is 1. The molecule has 188 valence electrons. The standard InChI is InChI=1S/C21H25N5O7S2/c1-23-34(30)8-6-25(7-9-34)12-14-13-33-18-11-15(10-17(26(28)29)20(18)24-14)35(31,32)19-5-3-2-4-16(19)21(22)27/h2-5,10-11,14,24H,6-9,12-13H2,1H3,(H2,22,27). The number of nitrogens with zero attached hydrogens (tertiary/aromatic N) is 3. The Balaban J connectivity index is 1.63. The highest BCUT2D eigenvalue weighted by molar-refractivity contribution is 7.93. The lowest BCUT2D eigenvalue weighted by Gasteiger charge is -2.34. The first-order valence-electron chi connectivity index (χ1n) is 10.7. The van der Waals surface area contributed by atoms with Crippen LogP contribution in [0.15, 0.2) is 50.6 Å². The minimum atomic E-state index is -4.31. The summed E-state index contributed by atoms with van der Waals surface area (Å²) >= 11 is 0. The molecule has 2 aliphatic rings. The summed E-state index contributed by atoms with van der Waals surface area (Å²) in [5.41, 5.74) is 4.72. The van der Waals surface area contributed by atoms with Gasteiger partial charge in [-0.3, -0.25) is 19.8 Å². The molecule has 3 N–H and O–H groups in total. The number of carbonyl (C=O) groups excluding carboxylic acids is 1. The molecule has 1 fully saturated rings. The van der Waals surface area contributed by atoms with Crippen molar-refractivity contribution in [3.05, 3.63) is 52.1 Å². The molecule has 2 aliphatic heterocycles. The molecule has 0 spiro atoms. The zero-order chi connectivity index (χ0) is 25.4. The normalized spacial score (nSPS) is 19.6. The number of anilines is 1. The molecule has 0 saturated carbocycles. The van der Waals surface area contributed by atoms with Gasteiger partial charge >= 0.3 is 0 Å². The summed E-state index contributed by atoms with van der Waals surface area (Å²) in [7, 11) is -4.91. The van der Waals surface area contributed by atoms with E-state index in [0.29, 0.717) is 31.1 Å². The number of hydrogen-bond donors (Lipinski definition) is 2. The SMILES string of the molecule is CN=S1(=O)CCN(CC2COc3cc(S(=O)(=O)c4ccccc4C(N)=O)cc([N+](=O)[O-])c3N2)CC1. The van der Waals surface area contributed by atoms with Gasteiger partial charge in [-0.15, -0.1) is 0 Å². The van der Waals surface area contributed by atoms with Crippen LogP contribution in [0.3, 0.4) is 0 Å². The van der Waals surface area contributed by atoms with Crippen molar-refractivity contribution in [1.29, 1.82) is 0 Å². The fourth-order valence-corrected chi connectivity index (χ4v) is 7.29. The number of benzene rings is 2. The monoisotopic (exact) mass is 523 g/mol. The number of primary amides is 1. The number of hydrogen-bond acceptors (Lipinski definition) is 10. The van der Waals surface area contributed by atoms with E-state index in [-0.39, 0.29) is 39.4 Å². The van der Waals surface area contributed by atoms with E-state index in [2.05, 4.69) is 14.6 Å². The van der Waals surface area contributed by atoms with Crippen molar-refractivity contribution in [1.82, 2.24) is 4.90 Å². The third kappa shape index (κ3) is 4.94. The molecular formula is C21H25N5O7S2. The van der Waals surface area contributed by atoms with Crippen LogP contribution in [-0.2, 0) is 19.6 Å². The Kier molecular flexibility index (Phi) is 6.71. The number of sulfone groups is 1. The third-order valence-electron chi connectivity index (χ3n) is 6.06. The quantitative estimate of drug-likeness (QED) is 0.415. The van der Waals surface area contributed by atoms with E-state index in [1.807, 2.05) is 0 Å². The van der Waals surface area contributed by atoms with Crippen molar-refractivity contribution in [2.75, 3.05) is 50.1 Å². The molecule has 2 aromatic rings. The maximum Gasteiger partial charge on any atom is 0.297 e. The summed E-state index contributed by atoms with van der Waals surface area (Å²) in [6, 6.07) is 7.26. The van der Waals surface area contributed by atoms with Crippen LogP contribution in [0.5, 0.6) is 5.75 Å². The van der Waals surface area contributed by atoms with E-state index in [0.717, 1.165) is 6.07 Å². The number of nitro groups is 1. The molecule has 35 heavy (non-hydrogen) atoms. The van der Waals surface area contributed by atoms with E-state index in [9.17, 15) is 27.5 Å². The van der Waals surface area contributed by atoms with Gasteiger partial charge in [0.15, 0.2) is 11.4 Å². The second-order valence-electron chi connectivity index (χ2n) is 8.25. The minimum absolute atomic E-state index is 0.0250. The van der Waals surface area contributed by atoms with Crippen molar-refractivity contribution in [2.45, 2.75) is 15.8 Å². The molecule has 4 rings (SSSR count). The Morgan fingerprint density at radius 3 is 2.63 bits per heavy atom. The van der Waals surface area contributed by atoms with Crippen LogP contribution in [-0.4, -0.2) is 79.2 Å². The Hall–Kier alpha value is -3.23. The van der Waals surface area contributed by atoms with Gasteiger partial charge in [-0.05, 0) is 12.1 Å². The summed E-state index contributed by atoms with van der Waals surface area (Å²) in [6.45, 7) is 1.82. The third-order valence-corrected chi connectivity index (χ3v) is 10.2. The average molecular weight is 524 g/mol. The first kappa shape index (κ1) is 24.9. The molecule has 1 amide bonds. The zero-order valence-corrected chi connectivity index (χ0v) is 20.5. The van der Waals surface area contributed by atoms with Crippen LogP contribution >= 0.6 is 0 Å². The fourth-order valence-electron chi connectivity index (χ4n) is 4.13. The number of ether oxygens (including phenoxy) is 1. The summed E-state index contributed by atoms with van der Waals surface area (Å²) in [5, 5.41) is 15.0. The molecule has 2 heterocycles. The minimum Gasteiger partial charge on any atom is -0.489 e. The summed E-state index contributed by atoms with van der Waals surface area (Å²) in [5.74, 6) is 0.0134. The smallest absolute Gasteiger partial charge is 0.297 e. The molecule has 0 bridgehead atoms. The lowest BCUT2D eigenvalue weighted by atomic mass is 10.1. The van der Waals surface area contributed by atoms with Crippen molar-refractivity contribution in [3.63, 3.8) is 0 Å². The molecule has 1 unspecified atom stereocenters. The van der Waals surface area contributed by atoms with Gasteiger partial charge in [-0.2, -0.15) is 0 Å². The number of carbonyl (C=O) groups is 1. The summed E-state index contributed by atoms with van der Waals surface area (Å²) in [4.78, 5) is 24.3. The van der Waals surface area contributed by atoms with Crippen LogP contribution in [0.4, 0.5) is 11.4 Å². The van der Waals surface area contributed by atoms with E-state index in [1.165, 1.54) is 30.3 Å². The molecule has 0 aliphatic carbocycles. The zero-order valence-electron chi connectivity index (χ0n) is 18.9. The Labute approximate surface area is 202 Å². The summed E-state index contributed by atoms with van der Waals surface area (Å²) < 4.78 is 48.7. The molecule has 0 aromatic heterocycles. The van der Waals surface area contributed by atoms with Crippen LogP contribution in [0.2, 0.25) is 0 Å². The topological polar surface area (TPSA) is 174 Å². The molecule has 2 aromatic carbocycles. The highest BCUT2D eigenvalue weighted by Crippen LogP contribution is 2.41. The predicted molar refractivity (Wildman–Crippen MR) is 129 cm³/mol. The van der Waals surface area contributed by atoms with Gasteiger partial charge in [0.1, 0.15) is 6.61 Å². The molecule has 1 atom stereocenters. The fraction of sp³-hybridized carbons (Fsp3) is 0.381. The molecular weight excluding hydrogens is 498 g/mol. The largest absolute Gasteiger partial charge is 0.489 e. The lowest BCUT2D eigenvalue weighted by Crippen LogP contribution is -2.48. The van der Waals surface area contributed by atoms with E-state index >= 15 is 0 Å². The van der Waals surface area contributed by atoms with E-state index in [1.54, 1.807) is 7.05 Å². The van der Waals surface area contributed by atoms with Crippen LogP contribution < -0.4 is 15.8 Å². The number of nitrogens with two attached hydrogens (primary N) is 1. The molecule has 12 nitrogen and oxygen atoms in total. The van der Waals surface area contributed by atoms with Gasteiger partial charge in [0.25, 0.3) is 5.69 Å². The van der Waals surface area contributed by atoms with Crippen LogP contribution in [0.1, 0.15) is 10.4 Å². The maximum absolute atomic E-state index is 13.3. The van der Waals surface area contributed by atoms with Gasteiger partial charge in [-0.25, -0.2) is 17.0 Å². The predicted octanol–water partition coefficient (Wildman–Crippen LogP) is 1.11. The van der Waals surface area contributed by atoms with Gasteiger partial charge in [0, 0.05) is 60.0 Å². The lowest BCUT2D eigenvalue weighted by molar-refractivity contribution is -0.384. The maximum atomic E-state index is 13.3. The van der Waals surface area contributed by atoms with Gasteiger partial charge in [0.2, 0.25) is 15.7 Å². The number of rotatable bonds is 6. The second-order valence-corrected chi connectivity index (χ2v) is 12.9. The number of fused-ring (bicyclic) bond motifs is 1. The second kappa shape index (κ2) is 9.43. The number of amides is 1. The van der Waals surface area contributed by atoms with Gasteiger partial charge in [0.05, 0.1) is 26.3 Å². The number of nitro benzene ring substituents is 1. The van der Waals surface area contributed by atoms with Gasteiger partial charge in [-0.1, -0.05) is 12.1 Å². The van der Waals surface area contributed by atoms with E-state index in [4.69, 9.17) is 10.5 Å². The van der Waals surface area contributed by atoms with Gasteiger partial charge < -0.3 is 15.8 Å². The van der Waals surface area contributed by atoms with Crippen molar-refractivity contribution < 1.29 is 27.1 Å². The Morgan fingerprint density at radius 2 is 2.00 bits per heavy atom. The Morgan fingerprint density at radius 1 is 1.31 bits per heavy atom. The first-order chi connectivity index (χ1) is 16.5. The van der Waals surface area contributed by atoms with Crippen molar-refractivity contribution in [2.24, 2.45) is 10.1 Å². The van der Waals surface area contributed by atoms with Crippen molar-refractivity contribution >= 4 is 36.8 Å². The highest BCUT2D eigenvalue weighted by Gasteiger charge is 2.33. The molecule has 14 heteroatoms. The summed E-state index contributed by atoms with van der Waals surface area (Å²) in [6.07, 6.45) is 0. The first-order valence-corrected chi connectivity index (χ1v) is 14.1. The molecule has 1 saturated heterocycles. The average Bonchev–Trinajstić information content (AvgIpc) is 2.84. The molecule has 0 radical (unpaired) electrons.